The summed E-state index contributed by atoms with van der Waals surface area (Å²) < 4.78 is 6.19. The van der Waals surface area contributed by atoms with Crippen LogP contribution in [0.4, 0.5) is 0 Å². The first-order chi connectivity index (χ1) is 15.9. The van der Waals surface area contributed by atoms with E-state index in [-0.39, 0.29) is 10.8 Å². The molecule has 4 rings (SSSR count). The number of hydrogen-bond donors (Lipinski definition) is 1. The van der Waals surface area contributed by atoms with Crippen LogP contribution >= 0.6 is 11.6 Å². The zero-order chi connectivity index (χ0) is 24.7. The predicted molar refractivity (Wildman–Crippen MR) is 140 cm³/mol. The fourth-order valence-corrected chi connectivity index (χ4v) is 4.20. The monoisotopic (exact) mass is 471 g/mol. The Hall–Kier alpha value is -3.22. The van der Waals surface area contributed by atoms with Crippen molar-refractivity contribution >= 4 is 22.7 Å². The highest BCUT2D eigenvalue weighted by atomic mass is 35.5. The number of aromatic nitrogens is 1. The highest BCUT2D eigenvalue weighted by molar-refractivity contribution is 6.31. The lowest BCUT2D eigenvalue weighted by atomic mass is 9.78. The molecule has 0 radical (unpaired) electrons. The SMILES string of the molecule is CC(C)(C)c1cc(Cc2nc3cc(Cl)cc(C#Cc4ccccc4)c3o2)cc(C(C)(C)C)c1O. The Morgan fingerprint density at radius 1 is 0.882 bits per heavy atom. The number of oxazole rings is 1. The Morgan fingerprint density at radius 3 is 2.09 bits per heavy atom. The molecule has 0 unspecified atom stereocenters. The van der Waals surface area contributed by atoms with E-state index in [2.05, 4.69) is 65.5 Å². The summed E-state index contributed by atoms with van der Waals surface area (Å²) in [5.74, 6) is 7.31. The summed E-state index contributed by atoms with van der Waals surface area (Å²) >= 11 is 6.36. The molecule has 3 aromatic carbocycles. The third-order valence-electron chi connectivity index (χ3n) is 5.76. The Kier molecular flexibility index (Phi) is 6.23. The first-order valence-corrected chi connectivity index (χ1v) is 11.8. The number of hydrogen-bond acceptors (Lipinski definition) is 3. The maximum Gasteiger partial charge on any atom is 0.199 e. The average molecular weight is 472 g/mol. The molecule has 1 N–H and O–H groups in total. The van der Waals surface area contributed by atoms with Crippen LogP contribution in [0.25, 0.3) is 11.1 Å². The van der Waals surface area contributed by atoms with Crippen molar-refractivity contribution in [2.24, 2.45) is 0 Å². The largest absolute Gasteiger partial charge is 0.507 e. The predicted octanol–water partition coefficient (Wildman–Crippen LogP) is 7.77. The Bertz CT molecular complexity index is 1370. The molecule has 0 aliphatic carbocycles. The van der Waals surface area contributed by atoms with Gasteiger partial charge in [-0.15, -0.1) is 0 Å². The Morgan fingerprint density at radius 2 is 1.50 bits per heavy atom. The third-order valence-corrected chi connectivity index (χ3v) is 5.97. The van der Waals surface area contributed by atoms with Crippen LogP contribution < -0.4 is 0 Å². The van der Waals surface area contributed by atoms with Crippen LogP contribution in [0.2, 0.25) is 5.02 Å². The van der Waals surface area contributed by atoms with Gasteiger partial charge in [-0.05, 0) is 51.8 Å². The molecule has 0 spiro atoms. The van der Waals surface area contributed by atoms with E-state index in [0.717, 1.165) is 22.3 Å². The van der Waals surface area contributed by atoms with Gasteiger partial charge in [0.05, 0.1) is 5.56 Å². The molecule has 0 aliphatic rings. The number of phenolic OH excluding ortho intramolecular Hbond substituents is 1. The number of fused-ring (bicyclic) bond motifs is 1. The first kappa shape index (κ1) is 23.9. The smallest absolute Gasteiger partial charge is 0.199 e. The third kappa shape index (κ3) is 5.13. The molecular weight excluding hydrogens is 442 g/mol. The number of halogens is 1. The summed E-state index contributed by atoms with van der Waals surface area (Å²) in [5.41, 5.74) is 5.43. The van der Waals surface area contributed by atoms with Crippen LogP contribution in [-0.4, -0.2) is 10.1 Å². The van der Waals surface area contributed by atoms with Gasteiger partial charge in [0.25, 0.3) is 0 Å². The molecule has 0 aliphatic heterocycles. The summed E-state index contributed by atoms with van der Waals surface area (Å²) in [5, 5.41) is 11.6. The van der Waals surface area contributed by atoms with Crippen molar-refractivity contribution in [1.82, 2.24) is 4.98 Å². The molecule has 0 saturated carbocycles. The fraction of sp³-hybridized carbons (Fsp3) is 0.300. The van der Waals surface area contributed by atoms with E-state index in [1.807, 2.05) is 36.4 Å². The lowest BCUT2D eigenvalue weighted by molar-refractivity contribution is 0.422. The second kappa shape index (κ2) is 8.85. The molecule has 0 bridgehead atoms. The van der Waals surface area contributed by atoms with Gasteiger partial charge in [-0.1, -0.05) is 95.3 Å². The number of nitrogens with zero attached hydrogens (tertiary/aromatic N) is 1. The summed E-state index contributed by atoms with van der Waals surface area (Å²) in [6, 6.07) is 17.5. The molecule has 4 heteroatoms. The van der Waals surface area contributed by atoms with Crippen LogP contribution in [-0.2, 0) is 17.3 Å². The lowest BCUT2D eigenvalue weighted by Crippen LogP contribution is -2.18. The van der Waals surface area contributed by atoms with E-state index < -0.39 is 0 Å². The number of rotatable bonds is 2. The molecule has 1 heterocycles. The molecule has 4 aromatic rings. The van der Waals surface area contributed by atoms with Crippen LogP contribution in [0.15, 0.2) is 59.0 Å². The van der Waals surface area contributed by atoms with Gasteiger partial charge in [-0.2, -0.15) is 0 Å². The van der Waals surface area contributed by atoms with Gasteiger partial charge < -0.3 is 9.52 Å². The topological polar surface area (TPSA) is 46.3 Å². The molecule has 0 saturated heterocycles. The highest BCUT2D eigenvalue weighted by Gasteiger charge is 2.27. The van der Waals surface area contributed by atoms with E-state index in [1.165, 1.54) is 0 Å². The van der Waals surface area contributed by atoms with Crippen molar-refractivity contribution in [3.05, 3.63) is 93.3 Å². The van der Waals surface area contributed by atoms with Gasteiger partial charge in [0, 0.05) is 17.0 Å². The van der Waals surface area contributed by atoms with Crippen molar-refractivity contribution in [1.29, 1.82) is 0 Å². The van der Waals surface area contributed by atoms with E-state index in [0.29, 0.717) is 39.7 Å². The summed E-state index contributed by atoms with van der Waals surface area (Å²) in [6.07, 6.45) is 0.504. The normalized spacial score (nSPS) is 12.0. The second-order valence-electron chi connectivity index (χ2n) is 10.7. The van der Waals surface area contributed by atoms with E-state index in [9.17, 15) is 5.11 Å². The van der Waals surface area contributed by atoms with Crippen molar-refractivity contribution < 1.29 is 9.52 Å². The fourth-order valence-electron chi connectivity index (χ4n) is 3.99. The van der Waals surface area contributed by atoms with Crippen LogP contribution in [0, 0.1) is 11.8 Å². The van der Waals surface area contributed by atoms with Gasteiger partial charge in [0.15, 0.2) is 11.5 Å². The summed E-state index contributed by atoms with van der Waals surface area (Å²) in [6.45, 7) is 12.7. The standard InChI is InChI=1S/C30H30ClNO2/c1-29(2,3)23-14-20(15-24(27(23)33)30(4,5)6)16-26-32-25-18-22(31)17-21(28(25)34-26)13-12-19-10-8-7-9-11-19/h7-11,14-15,17-18,33H,16H2,1-6H3. The molecule has 174 valence electrons. The van der Waals surface area contributed by atoms with Gasteiger partial charge >= 0.3 is 0 Å². The van der Waals surface area contributed by atoms with Crippen molar-refractivity contribution in [2.45, 2.75) is 58.8 Å². The lowest BCUT2D eigenvalue weighted by Gasteiger charge is -2.28. The van der Waals surface area contributed by atoms with E-state index >= 15 is 0 Å². The van der Waals surface area contributed by atoms with Gasteiger partial charge in [0.2, 0.25) is 0 Å². The van der Waals surface area contributed by atoms with Crippen molar-refractivity contribution in [3.63, 3.8) is 0 Å². The molecule has 0 atom stereocenters. The summed E-state index contributed by atoms with van der Waals surface area (Å²) in [4.78, 5) is 4.71. The molecular formula is C30H30ClNO2. The van der Waals surface area contributed by atoms with Gasteiger partial charge in [-0.25, -0.2) is 4.98 Å². The number of benzene rings is 3. The minimum atomic E-state index is -0.199. The van der Waals surface area contributed by atoms with Crippen LogP contribution in [0.1, 0.15) is 75.3 Å². The van der Waals surface area contributed by atoms with Crippen LogP contribution in [0.5, 0.6) is 5.75 Å². The zero-order valence-corrected chi connectivity index (χ0v) is 21.3. The maximum atomic E-state index is 11.0. The minimum absolute atomic E-state index is 0.199. The average Bonchev–Trinajstić information content (AvgIpc) is 3.14. The molecule has 3 nitrogen and oxygen atoms in total. The van der Waals surface area contributed by atoms with Gasteiger partial charge in [-0.3, -0.25) is 0 Å². The Balaban J connectivity index is 1.77. The first-order valence-electron chi connectivity index (χ1n) is 11.4. The molecule has 1 aromatic heterocycles. The van der Waals surface area contributed by atoms with Gasteiger partial charge in [0.1, 0.15) is 11.3 Å². The molecule has 0 fully saturated rings. The molecule has 34 heavy (non-hydrogen) atoms. The molecule has 0 amide bonds. The minimum Gasteiger partial charge on any atom is -0.507 e. The van der Waals surface area contributed by atoms with Crippen molar-refractivity contribution in [2.75, 3.05) is 0 Å². The summed E-state index contributed by atoms with van der Waals surface area (Å²) in [7, 11) is 0. The quantitative estimate of drug-likeness (QED) is 0.303. The second-order valence-corrected chi connectivity index (χ2v) is 11.2. The highest BCUT2D eigenvalue weighted by Crippen LogP contribution is 2.40. The van der Waals surface area contributed by atoms with Crippen LogP contribution in [0.3, 0.4) is 0 Å². The maximum absolute atomic E-state index is 11.0. The number of aromatic hydroxyl groups is 1. The van der Waals surface area contributed by atoms with Crippen molar-refractivity contribution in [3.8, 4) is 17.6 Å². The number of phenols is 1. The van der Waals surface area contributed by atoms with E-state index in [1.54, 1.807) is 6.07 Å². The van der Waals surface area contributed by atoms with E-state index in [4.69, 9.17) is 21.0 Å². The zero-order valence-electron chi connectivity index (χ0n) is 20.6. The Labute approximate surface area is 206 Å².